The van der Waals surface area contributed by atoms with E-state index in [1.807, 2.05) is 32.0 Å². The summed E-state index contributed by atoms with van der Waals surface area (Å²) in [6.45, 7) is 5.09. The predicted molar refractivity (Wildman–Crippen MR) is 82.6 cm³/mol. The van der Waals surface area contributed by atoms with Gasteiger partial charge in [0.1, 0.15) is 11.9 Å². The fraction of sp³-hybridized carbons (Fsp3) is 0.562. The van der Waals surface area contributed by atoms with Gasteiger partial charge in [0.15, 0.2) is 0 Å². The van der Waals surface area contributed by atoms with E-state index in [9.17, 15) is 4.79 Å². The summed E-state index contributed by atoms with van der Waals surface area (Å²) in [6, 6.07) is 5.87. The summed E-state index contributed by atoms with van der Waals surface area (Å²) in [5.74, 6) is 0.579. The highest BCUT2D eigenvalue weighted by molar-refractivity contribution is 5.95. The monoisotopic (exact) mass is 292 g/mol. The minimum absolute atomic E-state index is 0.0896. The van der Waals surface area contributed by atoms with Gasteiger partial charge < -0.3 is 20.5 Å². The number of ether oxygens (including phenoxy) is 2. The van der Waals surface area contributed by atoms with Gasteiger partial charge >= 0.3 is 0 Å². The van der Waals surface area contributed by atoms with E-state index in [1.165, 1.54) is 0 Å². The molecule has 0 saturated carbocycles. The first-order valence-electron chi connectivity index (χ1n) is 7.54. The molecule has 3 N–H and O–H groups in total. The molecule has 1 aliphatic rings. The summed E-state index contributed by atoms with van der Waals surface area (Å²) < 4.78 is 11.0. The van der Waals surface area contributed by atoms with Crippen molar-refractivity contribution in [3.63, 3.8) is 0 Å². The van der Waals surface area contributed by atoms with Gasteiger partial charge in [-0.15, -0.1) is 0 Å². The smallest absolute Gasteiger partial charge is 0.253 e. The second-order valence-electron chi connectivity index (χ2n) is 5.44. The molecule has 0 aromatic heterocycles. The predicted octanol–water partition coefficient (Wildman–Crippen LogP) is 2.09. The average molecular weight is 292 g/mol. The normalized spacial score (nSPS) is 19.3. The molecular formula is C16H24N2O3. The van der Waals surface area contributed by atoms with Crippen LogP contribution in [0.5, 0.6) is 5.75 Å². The number of carbonyl (C=O) groups excluding carboxylic acids is 1. The maximum absolute atomic E-state index is 12.1. The number of carbonyl (C=O) groups is 1. The molecule has 2 unspecified atom stereocenters. The highest BCUT2D eigenvalue weighted by Crippen LogP contribution is 2.27. The van der Waals surface area contributed by atoms with Crippen molar-refractivity contribution in [2.45, 2.75) is 45.3 Å². The topological polar surface area (TPSA) is 73.6 Å². The molecular weight excluding hydrogens is 268 g/mol. The fourth-order valence-electron chi connectivity index (χ4n) is 2.44. The lowest BCUT2D eigenvalue weighted by atomic mass is 10.1. The summed E-state index contributed by atoms with van der Waals surface area (Å²) in [4.78, 5) is 12.1. The first-order valence-corrected chi connectivity index (χ1v) is 7.54. The van der Waals surface area contributed by atoms with Crippen molar-refractivity contribution < 1.29 is 14.3 Å². The van der Waals surface area contributed by atoms with Gasteiger partial charge in [-0.1, -0.05) is 6.07 Å². The number of nitrogens with two attached hydrogens (primary N) is 1. The first kappa shape index (κ1) is 15.8. The maximum Gasteiger partial charge on any atom is 0.253 e. The summed E-state index contributed by atoms with van der Waals surface area (Å²) in [5.41, 5.74) is 7.61. The molecule has 1 aliphatic heterocycles. The van der Waals surface area contributed by atoms with E-state index in [-0.39, 0.29) is 18.1 Å². The summed E-state index contributed by atoms with van der Waals surface area (Å²) in [5, 5.41) is 2.90. The van der Waals surface area contributed by atoms with Crippen molar-refractivity contribution in [1.82, 2.24) is 0 Å². The fourth-order valence-corrected chi connectivity index (χ4v) is 2.44. The lowest BCUT2D eigenvalue weighted by Crippen LogP contribution is -2.27. The van der Waals surface area contributed by atoms with Crippen LogP contribution in [0.25, 0.3) is 0 Å². The van der Waals surface area contributed by atoms with Crippen LogP contribution in [0.1, 0.15) is 32.3 Å². The Morgan fingerprint density at radius 2 is 2.38 bits per heavy atom. The number of anilines is 1. The standard InChI is InChI=1S/C16H24N2O3/c1-3-20-15-10-12(9-11(2)17)6-7-13(15)18-16(19)14-5-4-8-21-14/h6-7,10-11,14H,3-5,8-9,17H2,1-2H3,(H,18,19). The molecule has 1 fully saturated rings. The van der Waals surface area contributed by atoms with Crippen molar-refractivity contribution in [2.24, 2.45) is 5.73 Å². The van der Waals surface area contributed by atoms with Crippen molar-refractivity contribution in [2.75, 3.05) is 18.5 Å². The van der Waals surface area contributed by atoms with Gasteiger partial charge in [-0.05, 0) is 50.8 Å². The summed E-state index contributed by atoms with van der Waals surface area (Å²) in [6.07, 6.45) is 2.14. The number of rotatable bonds is 6. The Bertz CT molecular complexity index is 482. The average Bonchev–Trinajstić information content (AvgIpc) is 2.95. The molecule has 21 heavy (non-hydrogen) atoms. The van der Waals surface area contributed by atoms with E-state index in [1.54, 1.807) is 0 Å². The number of hydrogen-bond donors (Lipinski definition) is 2. The Kier molecular flexibility index (Phi) is 5.59. The molecule has 1 heterocycles. The molecule has 2 rings (SSSR count). The van der Waals surface area contributed by atoms with E-state index >= 15 is 0 Å². The van der Waals surface area contributed by atoms with Gasteiger partial charge in [-0.2, -0.15) is 0 Å². The Morgan fingerprint density at radius 1 is 1.57 bits per heavy atom. The molecule has 5 nitrogen and oxygen atoms in total. The van der Waals surface area contributed by atoms with Gasteiger partial charge in [0.25, 0.3) is 5.91 Å². The molecule has 5 heteroatoms. The Hall–Kier alpha value is -1.59. The van der Waals surface area contributed by atoms with Crippen LogP contribution < -0.4 is 15.8 Å². The zero-order valence-electron chi connectivity index (χ0n) is 12.7. The lowest BCUT2D eigenvalue weighted by Gasteiger charge is -2.16. The molecule has 1 aromatic carbocycles. The van der Waals surface area contributed by atoms with Crippen LogP contribution >= 0.6 is 0 Å². The van der Waals surface area contributed by atoms with E-state index in [2.05, 4.69) is 5.32 Å². The molecule has 2 atom stereocenters. The quantitative estimate of drug-likeness (QED) is 0.842. The lowest BCUT2D eigenvalue weighted by molar-refractivity contribution is -0.124. The zero-order chi connectivity index (χ0) is 15.2. The van der Waals surface area contributed by atoms with Crippen LogP contribution in [0.4, 0.5) is 5.69 Å². The maximum atomic E-state index is 12.1. The minimum atomic E-state index is -0.344. The number of nitrogens with one attached hydrogen (secondary N) is 1. The third kappa shape index (κ3) is 4.44. The van der Waals surface area contributed by atoms with Gasteiger partial charge in [0.05, 0.1) is 12.3 Å². The molecule has 116 valence electrons. The largest absolute Gasteiger partial charge is 0.492 e. The van der Waals surface area contributed by atoms with Gasteiger partial charge in [-0.3, -0.25) is 4.79 Å². The minimum Gasteiger partial charge on any atom is -0.492 e. The van der Waals surface area contributed by atoms with Gasteiger partial charge in [0, 0.05) is 12.6 Å². The SMILES string of the molecule is CCOc1cc(CC(C)N)ccc1NC(=O)C1CCCO1. The highest BCUT2D eigenvalue weighted by Gasteiger charge is 2.24. The van der Waals surface area contributed by atoms with Gasteiger partial charge in [-0.25, -0.2) is 0 Å². The molecule has 1 aromatic rings. The van der Waals surface area contributed by atoms with E-state index in [0.717, 1.165) is 24.8 Å². The van der Waals surface area contributed by atoms with Crippen LogP contribution in [-0.2, 0) is 16.0 Å². The van der Waals surface area contributed by atoms with Crippen molar-refractivity contribution >= 4 is 11.6 Å². The molecule has 1 saturated heterocycles. The molecule has 0 radical (unpaired) electrons. The van der Waals surface area contributed by atoms with E-state index in [4.69, 9.17) is 15.2 Å². The Morgan fingerprint density at radius 3 is 3.00 bits per heavy atom. The highest BCUT2D eigenvalue weighted by atomic mass is 16.5. The molecule has 1 amide bonds. The van der Waals surface area contributed by atoms with Crippen molar-refractivity contribution in [3.05, 3.63) is 23.8 Å². The van der Waals surface area contributed by atoms with Crippen molar-refractivity contribution in [1.29, 1.82) is 0 Å². The Labute approximate surface area is 125 Å². The van der Waals surface area contributed by atoms with Crippen LogP contribution in [0.3, 0.4) is 0 Å². The number of amides is 1. The van der Waals surface area contributed by atoms with Crippen LogP contribution in [0.2, 0.25) is 0 Å². The second-order valence-corrected chi connectivity index (χ2v) is 5.44. The first-order chi connectivity index (χ1) is 10.1. The third-order valence-corrected chi connectivity index (χ3v) is 3.38. The third-order valence-electron chi connectivity index (χ3n) is 3.38. The molecule has 0 bridgehead atoms. The molecule has 0 aliphatic carbocycles. The number of benzene rings is 1. The summed E-state index contributed by atoms with van der Waals surface area (Å²) >= 11 is 0. The summed E-state index contributed by atoms with van der Waals surface area (Å²) in [7, 11) is 0. The second kappa shape index (κ2) is 7.43. The number of hydrogen-bond acceptors (Lipinski definition) is 4. The van der Waals surface area contributed by atoms with Crippen LogP contribution in [0, 0.1) is 0 Å². The van der Waals surface area contributed by atoms with E-state index < -0.39 is 0 Å². The Balaban J connectivity index is 2.11. The van der Waals surface area contributed by atoms with E-state index in [0.29, 0.717) is 24.7 Å². The zero-order valence-corrected chi connectivity index (χ0v) is 12.7. The molecule has 0 spiro atoms. The van der Waals surface area contributed by atoms with Gasteiger partial charge in [0.2, 0.25) is 0 Å². The van der Waals surface area contributed by atoms with Crippen molar-refractivity contribution in [3.8, 4) is 5.75 Å². The van der Waals surface area contributed by atoms with Crippen LogP contribution in [0.15, 0.2) is 18.2 Å². The van der Waals surface area contributed by atoms with Crippen LogP contribution in [-0.4, -0.2) is 31.3 Å².